The highest BCUT2D eigenvalue weighted by Crippen LogP contribution is 2.48. The number of rotatable bonds is 8. The van der Waals surface area contributed by atoms with Crippen molar-refractivity contribution >= 4 is 17.7 Å². The van der Waals surface area contributed by atoms with Crippen LogP contribution in [0.3, 0.4) is 0 Å². The van der Waals surface area contributed by atoms with E-state index in [1.165, 1.54) is 16.8 Å². The van der Waals surface area contributed by atoms with Gasteiger partial charge in [0.1, 0.15) is 6.61 Å². The van der Waals surface area contributed by atoms with Crippen molar-refractivity contribution in [2.45, 2.75) is 46.1 Å². The Morgan fingerprint density at radius 2 is 1.41 bits per heavy atom. The number of anilines is 1. The lowest BCUT2D eigenvalue weighted by molar-refractivity contribution is 0.0746. The Kier molecular flexibility index (Phi) is 10.5. The van der Waals surface area contributed by atoms with Gasteiger partial charge in [-0.3, -0.25) is 4.79 Å². The van der Waals surface area contributed by atoms with Gasteiger partial charge in [0.15, 0.2) is 0 Å². The standard InChI is InChI=1S/C39H43N3O3.CH4/c1-28-29(2)37-26-34(18-19-36(37)35(28)20-21-40(3)39(44)45-27-30-10-6-4-7-11-30)41-22-24-42(25-23-41)38(43)33-16-14-32(15-17-33)31-12-8-5-9-13-31;/h4-19,26,28-29,35H,20-25,27H2,1-3H3;1H4/t28?,29?,35-;/m1./s1. The minimum Gasteiger partial charge on any atom is -0.445 e. The van der Waals surface area contributed by atoms with Crippen LogP contribution >= 0.6 is 0 Å². The molecule has 2 unspecified atom stereocenters. The third-order valence-electron chi connectivity index (χ3n) is 9.85. The molecule has 0 bridgehead atoms. The van der Waals surface area contributed by atoms with Crippen LogP contribution in [-0.4, -0.2) is 61.6 Å². The van der Waals surface area contributed by atoms with Gasteiger partial charge in [0, 0.05) is 51.0 Å². The zero-order valence-corrected chi connectivity index (χ0v) is 26.6. The lowest BCUT2D eigenvalue weighted by Gasteiger charge is -2.36. The summed E-state index contributed by atoms with van der Waals surface area (Å²) < 4.78 is 5.53. The van der Waals surface area contributed by atoms with E-state index in [1.54, 1.807) is 4.90 Å². The largest absolute Gasteiger partial charge is 0.445 e. The number of carbonyl (C=O) groups excluding carboxylic acids is 2. The molecular weight excluding hydrogens is 570 g/mol. The minimum atomic E-state index is -0.282. The van der Waals surface area contributed by atoms with E-state index in [1.807, 2.05) is 84.7 Å². The highest BCUT2D eigenvalue weighted by molar-refractivity contribution is 5.95. The van der Waals surface area contributed by atoms with Crippen LogP contribution in [0.15, 0.2) is 103 Å². The second-order valence-corrected chi connectivity index (χ2v) is 12.5. The Bertz CT molecular complexity index is 1600. The van der Waals surface area contributed by atoms with Gasteiger partial charge in [-0.15, -0.1) is 0 Å². The Labute approximate surface area is 274 Å². The molecule has 240 valence electrons. The van der Waals surface area contributed by atoms with Crippen molar-refractivity contribution in [2.75, 3.05) is 44.7 Å². The molecule has 1 heterocycles. The van der Waals surface area contributed by atoms with Gasteiger partial charge in [0.05, 0.1) is 0 Å². The number of benzene rings is 4. The Morgan fingerprint density at radius 3 is 2.09 bits per heavy atom. The van der Waals surface area contributed by atoms with E-state index >= 15 is 0 Å². The van der Waals surface area contributed by atoms with E-state index in [0.717, 1.165) is 41.8 Å². The summed E-state index contributed by atoms with van der Waals surface area (Å²) in [6, 6.07) is 34.9. The van der Waals surface area contributed by atoms with Crippen LogP contribution in [0.1, 0.15) is 66.6 Å². The van der Waals surface area contributed by atoms with Crippen LogP contribution in [-0.2, 0) is 11.3 Å². The van der Waals surface area contributed by atoms with Crippen LogP contribution in [0.25, 0.3) is 11.1 Å². The van der Waals surface area contributed by atoms with Gasteiger partial charge in [0.25, 0.3) is 5.91 Å². The molecule has 4 aromatic rings. The number of ether oxygens (including phenoxy) is 1. The lowest BCUT2D eigenvalue weighted by atomic mass is 9.87. The monoisotopic (exact) mass is 617 g/mol. The molecule has 0 saturated carbocycles. The summed E-state index contributed by atoms with van der Waals surface area (Å²) in [6.45, 7) is 8.64. The maximum absolute atomic E-state index is 13.3. The quantitative estimate of drug-likeness (QED) is 0.199. The summed E-state index contributed by atoms with van der Waals surface area (Å²) in [5, 5.41) is 0. The first-order valence-electron chi connectivity index (χ1n) is 16.1. The van der Waals surface area contributed by atoms with Gasteiger partial charge in [-0.05, 0) is 76.3 Å². The molecule has 1 saturated heterocycles. The molecule has 6 heteroatoms. The smallest absolute Gasteiger partial charge is 0.409 e. The number of piperazine rings is 1. The summed E-state index contributed by atoms with van der Waals surface area (Å²) in [7, 11) is 1.82. The fraction of sp³-hybridized carbons (Fsp3) is 0.350. The van der Waals surface area contributed by atoms with Crippen LogP contribution in [0.2, 0.25) is 0 Å². The molecule has 0 radical (unpaired) electrons. The van der Waals surface area contributed by atoms with Gasteiger partial charge in [-0.25, -0.2) is 4.79 Å². The number of hydrogen-bond donors (Lipinski definition) is 0. The van der Waals surface area contributed by atoms with E-state index in [0.29, 0.717) is 37.4 Å². The summed E-state index contributed by atoms with van der Waals surface area (Å²) in [6.07, 6.45) is 0.622. The number of nitrogens with zero attached hydrogens (tertiary/aromatic N) is 3. The van der Waals surface area contributed by atoms with Crippen LogP contribution in [0, 0.1) is 5.92 Å². The number of hydrogen-bond acceptors (Lipinski definition) is 4. The fourth-order valence-electron chi connectivity index (χ4n) is 6.86. The summed E-state index contributed by atoms with van der Waals surface area (Å²) in [4.78, 5) is 32.0. The molecule has 0 N–H and O–H groups in total. The zero-order valence-electron chi connectivity index (χ0n) is 26.6. The van der Waals surface area contributed by atoms with E-state index in [9.17, 15) is 9.59 Å². The molecule has 2 aliphatic rings. The third-order valence-corrected chi connectivity index (χ3v) is 9.85. The van der Waals surface area contributed by atoms with Crippen LogP contribution < -0.4 is 4.90 Å². The van der Waals surface area contributed by atoms with Crippen molar-refractivity contribution in [3.63, 3.8) is 0 Å². The van der Waals surface area contributed by atoms with E-state index < -0.39 is 0 Å². The maximum Gasteiger partial charge on any atom is 0.409 e. The van der Waals surface area contributed by atoms with Gasteiger partial charge < -0.3 is 19.4 Å². The minimum absolute atomic E-state index is 0. The topological polar surface area (TPSA) is 53.1 Å². The average molecular weight is 618 g/mol. The Morgan fingerprint density at radius 1 is 0.783 bits per heavy atom. The lowest BCUT2D eigenvalue weighted by Crippen LogP contribution is -2.48. The first-order chi connectivity index (χ1) is 21.9. The van der Waals surface area contributed by atoms with Gasteiger partial charge in [-0.2, -0.15) is 0 Å². The average Bonchev–Trinajstić information content (AvgIpc) is 3.34. The first kappa shape index (κ1) is 32.8. The third kappa shape index (κ3) is 7.12. The van der Waals surface area contributed by atoms with Gasteiger partial charge in [0.2, 0.25) is 0 Å². The maximum atomic E-state index is 13.3. The van der Waals surface area contributed by atoms with Crippen LogP contribution in [0.4, 0.5) is 10.5 Å². The molecule has 1 fully saturated rings. The van der Waals surface area contributed by atoms with Crippen LogP contribution in [0.5, 0.6) is 0 Å². The predicted molar refractivity (Wildman–Crippen MR) is 187 cm³/mol. The van der Waals surface area contributed by atoms with Crippen molar-refractivity contribution in [3.8, 4) is 11.1 Å². The van der Waals surface area contributed by atoms with Gasteiger partial charge >= 0.3 is 6.09 Å². The second kappa shape index (κ2) is 14.7. The van der Waals surface area contributed by atoms with Crippen molar-refractivity contribution in [1.29, 1.82) is 0 Å². The second-order valence-electron chi connectivity index (χ2n) is 12.5. The summed E-state index contributed by atoms with van der Waals surface area (Å²) in [5.41, 5.74) is 8.05. The fourth-order valence-corrected chi connectivity index (χ4v) is 6.86. The zero-order chi connectivity index (χ0) is 31.3. The van der Waals surface area contributed by atoms with E-state index in [-0.39, 0.29) is 26.0 Å². The Balaban J connectivity index is 0.00000417. The predicted octanol–water partition coefficient (Wildman–Crippen LogP) is 8.45. The normalized spacial score (nSPS) is 18.8. The van der Waals surface area contributed by atoms with Crippen molar-refractivity contribution in [2.24, 2.45) is 5.92 Å². The molecule has 3 atom stereocenters. The van der Waals surface area contributed by atoms with Crippen molar-refractivity contribution < 1.29 is 14.3 Å². The number of fused-ring (bicyclic) bond motifs is 1. The highest BCUT2D eigenvalue weighted by atomic mass is 16.6. The molecule has 2 amide bonds. The molecule has 6 rings (SSSR count). The van der Waals surface area contributed by atoms with Crippen molar-refractivity contribution in [3.05, 3.63) is 125 Å². The number of amides is 2. The molecule has 1 aliphatic carbocycles. The van der Waals surface area contributed by atoms with Gasteiger partial charge in [-0.1, -0.05) is 100 Å². The SMILES string of the molecule is C.CC1c2cc(N3CCN(C(=O)c4ccc(-c5ccccc5)cc4)CC3)ccc2[C@H](CCN(C)C(=O)OCc2ccccc2)C1C. The summed E-state index contributed by atoms with van der Waals surface area (Å²) >= 11 is 0. The molecule has 0 aromatic heterocycles. The summed E-state index contributed by atoms with van der Waals surface area (Å²) in [5.74, 6) is 1.44. The molecule has 4 aromatic carbocycles. The molecular formula is C40H47N3O3. The van der Waals surface area contributed by atoms with Crippen molar-refractivity contribution in [1.82, 2.24) is 9.80 Å². The van der Waals surface area contributed by atoms with E-state index in [4.69, 9.17) is 4.74 Å². The molecule has 1 aliphatic heterocycles. The van der Waals surface area contributed by atoms with E-state index in [2.05, 4.69) is 49.1 Å². The first-order valence-corrected chi connectivity index (χ1v) is 16.1. The highest BCUT2D eigenvalue weighted by Gasteiger charge is 2.36. The molecule has 6 nitrogen and oxygen atoms in total. The Hall–Kier alpha value is -4.58. The molecule has 0 spiro atoms. The molecule has 46 heavy (non-hydrogen) atoms. The number of carbonyl (C=O) groups is 2.